The van der Waals surface area contributed by atoms with Gasteiger partial charge in [0.25, 0.3) is 0 Å². The zero-order valence-corrected chi connectivity index (χ0v) is 7.73. The van der Waals surface area contributed by atoms with E-state index in [1.807, 2.05) is 23.8 Å². The Bertz CT molecular complexity index is 264. The second-order valence-electron chi connectivity index (χ2n) is 2.35. The minimum absolute atomic E-state index is 0.0382. The van der Waals surface area contributed by atoms with Gasteiger partial charge in [0, 0.05) is 6.54 Å². The molecule has 12 heavy (non-hydrogen) atoms. The summed E-state index contributed by atoms with van der Waals surface area (Å²) in [5.41, 5.74) is 1.15. The Morgan fingerprint density at radius 2 is 2.58 bits per heavy atom. The number of hydrogen-bond acceptors (Lipinski definition) is 2. The molecule has 1 rings (SSSR count). The molecule has 1 amide bonds. The molecule has 3 heteroatoms. The minimum atomic E-state index is -0.0382. The lowest BCUT2D eigenvalue weighted by atomic mass is 10.3. The molecule has 0 aliphatic carbocycles. The van der Waals surface area contributed by atoms with Crippen LogP contribution in [0.4, 0.5) is 0 Å². The van der Waals surface area contributed by atoms with Crippen LogP contribution in [0, 0.1) is 0 Å². The highest BCUT2D eigenvalue weighted by Crippen LogP contribution is 2.04. The zero-order valence-electron chi connectivity index (χ0n) is 6.91. The molecule has 0 aromatic carbocycles. The van der Waals surface area contributed by atoms with E-state index in [1.165, 1.54) is 6.08 Å². The molecule has 0 radical (unpaired) electrons. The van der Waals surface area contributed by atoms with Gasteiger partial charge in [-0.15, -0.1) is 0 Å². The molecule has 0 aliphatic rings. The van der Waals surface area contributed by atoms with Gasteiger partial charge in [0.2, 0.25) is 5.91 Å². The summed E-state index contributed by atoms with van der Waals surface area (Å²) in [5, 5.41) is 6.79. The summed E-state index contributed by atoms with van der Waals surface area (Å²) in [7, 11) is 0. The number of nitrogens with one attached hydrogen (secondary N) is 1. The molecule has 0 atom stereocenters. The van der Waals surface area contributed by atoms with Crippen molar-refractivity contribution in [3.63, 3.8) is 0 Å². The number of allylic oxidation sites excluding steroid dienone is 1. The first-order chi connectivity index (χ1) is 5.83. The highest BCUT2D eigenvalue weighted by Gasteiger charge is 1.94. The van der Waals surface area contributed by atoms with E-state index in [-0.39, 0.29) is 5.91 Å². The van der Waals surface area contributed by atoms with E-state index >= 15 is 0 Å². The van der Waals surface area contributed by atoms with E-state index in [0.29, 0.717) is 6.54 Å². The quantitative estimate of drug-likeness (QED) is 0.709. The summed E-state index contributed by atoms with van der Waals surface area (Å²) in [4.78, 5) is 10.9. The lowest BCUT2D eigenvalue weighted by Crippen LogP contribution is -2.19. The maximum absolute atomic E-state index is 10.9. The molecule has 2 nitrogen and oxygen atoms in total. The zero-order chi connectivity index (χ0) is 8.81. The monoisotopic (exact) mass is 181 g/mol. The highest BCUT2D eigenvalue weighted by molar-refractivity contribution is 7.07. The third kappa shape index (κ3) is 2.88. The lowest BCUT2D eigenvalue weighted by molar-refractivity contribution is -0.116. The van der Waals surface area contributed by atoms with Gasteiger partial charge >= 0.3 is 0 Å². The summed E-state index contributed by atoms with van der Waals surface area (Å²) in [6, 6.07) is 2.00. The SMILES string of the molecule is C/C=C/C(=O)NCc1ccsc1. The fourth-order valence-electron chi connectivity index (χ4n) is 0.793. The van der Waals surface area contributed by atoms with E-state index in [4.69, 9.17) is 0 Å². The van der Waals surface area contributed by atoms with Gasteiger partial charge in [-0.1, -0.05) is 6.08 Å². The molecular weight excluding hydrogens is 170 g/mol. The largest absolute Gasteiger partial charge is 0.348 e. The summed E-state index contributed by atoms with van der Waals surface area (Å²) in [6.07, 6.45) is 3.25. The van der Waals surface area contributed by atoms with Crippen molar-refractivity contribution in [2.24, 2.45) is 0 Å². The summed E-state index contributed by atoms with van der Waals surface area (Å²) < 4.78 is 0. The predicted octanol–water partition coefficient (Wildman–Crippen LogP) is 1.94. The molecule has 1 aromatic heterocycles. The molecular formula is C9H11NOS. The first-order valence-electron chi connectivity index (χ1n) is 3.74. The van der Waals surface area contributed by atoms with Gasteiger partial charge in [-0.05, 0) is 35.4 Å². The van der Waals surface area contributed by atoms with Gasteiger partial charge in [0.15, 0.2) is 0 Å². The Kier molecular flexibility index (Phi) is 3.54. The third-order valence-corrected chi connectivity index (χ3v) is 2.10. The van der Waals surface area contributed by atoms with Crippen molar-refractivity contribution in [2.75, 3.05) is 0 Å². The van der Waals surface area contributed by atoms with E-state index in [2.05, 4.69) is 5.32 Å². The molecule has 0 fully saturated rings. The van der Waals surface area contributed by atoms with Gasteiger partial charge in [0.1, 0.15) is 0 Å². The van der Waals surface area contributed by atoms with E-state index < -0.39 is 0 Å². The number of carbonyl (C=O) groups is 1. The van der Waals surface area contributed by atoms with Crippen molar-refractivity contribution < 1.29 is 4.79 Å². The third-order valence-electron chi connectivity index (χ3n) is 1.36. The molecule has 0 spiro atoms. The van der Waals surface area contributed by atoms with E-state index in [1.54, 1.807) is 17.4 Å². The van der Waals surface area contributed by atoms with Gasteiger partial charge in [-0.2, -0.15) is 11.3 Å². The summed E-state index contributed by atoms with van der Waals surface area (Å²) >= 11 is 1.64. The van der Waals surface area contributed by atoms with Crippen molar-refractivity contribution in [3.8, 4) is 0 Å². The fraction of sp³-hybridized carbons (Fsp3) is 0.222. The average Bonchev–Trinajstić information content (AvgIpc) is 2.53. The van der Waals surface area contributed by atoms with Crippen LogP contribution in [-0.2, 0) is 11.3 Å². The smallest absolute Gasteiger partial charge is 0.243 e. The molecule has 0 saturated carbocycles. The number of hydrogen-bond donors (Lipinski definition) is 1. The van der Waals surface area contributed by atoms with Gasteiger partial charge in [-0.3, -0.25) is 4.79 Å². The molecule has 64 valence electrons. The number of thiophene rings is 1. The molecule has 0 unspecified atom stereocenters. The minimum Gasteiger partial charge on any atom is -0.348 e. The number of rotatable bonds is 3. The standard InChI is InChI=1S/C9H11NOS/c1-2-3-9(11)10-6-8-4-5-12-7-8/h2-5,7H,6H2,1H3,(H,10,11)/b3-2+. The van der Waals surface area contributed by atoms with Crippen LogP contribution in [-0.4, -0.2) is 5.91 Å². The first-order valence-corrected chi connectivity index (χ1v) is 4.69. The number of carbonyl (C=O) groups excluding carboxylic acids is 1. The van der Waals surface area contributed by atoms with Crippen LogP contribution in [0.5, 0.6) is 0 Å². The first kappa shape index (κ1) is 9.00. The molecule has 0 saturated heterocycles. The van der Waals surface area contributed by atoms with Crippen LogP contribution in [0.15, 0.2) is 29.0 Å². The van der Waals surface area contributed by atoms with Crippen molar-refractivity contribution >= 4 is 17.2 Å². The lowest BCUT2D eigenvalue weighted by Gasteiger charge is -1.97. The normalized spacial score (nSPS) is 10.4. The average molecular weight is 181 g/mol. The molecule has 1 N–H and O–H groups in total. The fourth-order valence-corrected chi connectivity index (χ4v) is 1.46. The van der Waals surface area contributed by atoms with Crippen LogP contribution in [0.1, 0.15) is 12.5 Å². The van der Waals surface area contributed by atoms with Gasteiger partial charge in [-0.25, -0.2) is 0 Å². The molecule has 0 aliphatic heterocycles. The predicted molar refractivity (Wildman–Crippen MR) is 51.0 cm³/mol. The van der Waals surface area contributed by atoms with E-state index in [0.717, 1.165) is 5.56 Å². The Hall–Kier alpha value is -1.09. The summed E-state index contributed by atoms with van der Waals surface area (Å²) in [5.74, 6) is -0.0382. The van der Waals surface area contributed by atoms with E-state index in [9.17, 15) is 4.79 Å². The van der Waals surface area contributed by atoms with Crippen LogP contribution >= 0.6 is 11.3 Å². The summed E-state index contributed by atoms with van der Waals surface area (Å²) in [6.45, 7) is 2.44. The van der Waals surface area contributed by atoms with Crippen LogP contribution < -0.4 is 5.32 Å². The number of amides is 1. The topological polar surface area (TPSA) is 29.1 Å². The Morgan fingerprint density at radius 1 is 1.75 bits per heavy atom. The Balaban J connectivity index is 2.31. The highest BCUT2D eigenvalue weighted by atomic mass is 32.1. The van der Waals surface area contributed by atoms with Crippen molar-refractivity contribution in [1.29, 1.82) is 0 Å². The van der Waals surface area contributed by atoms with Crippen molar-refractivity contribution in [3.05, 3.63) is 34.5 Å². The molecule has 1 aromatic rings. The second-order valence-corrected chi connectivity index (χ2v) is 3.13. The van der Waals surface area contributed by atoms with Crippen LogP contribution in [0.25, 0.3) is 0 Å². The molecule has 0 bridgehead atoms. The van der Waals surface area contributed by atoms with Gasteiger partial charge in [0.05, 0.1) is 0 Å². The van der Waals surface area contributed by atoms with Crippen molar-refractivity contribution in [2.45, 2.75) is 13.5 Å². The van der Waals surface area contributed by atoms with Gasteiger partial charge < -0.3 is 5.32 Å². The van der Waals surface area contributed by atoms with Crippen LogP contribution in [0.2, 0.25) is 0 Å². The maximum atomic E-state index is 10.9. The van der Waals surface area contributed by atoms with Crippen LogP contribution in [0.3, 0.4) is 0 Å². The maximum Gasteiger partial charge on any atom is 0.243 e. The van der Waals surface area contributed by atoms with Crippen molar-refractivity contribution in [1.82, 2.24) is 5.32 Å². The Morgan fingerprint density at radius 3 is 3.17 bits per heavy atom. The Labute approximate surface area is 75.9 Å². The molecule has 1 heterocycles. The second kappa shape index (κ2) is 4.72.